The molecule has 1 heterocycles. The molecule has 1 aromatic rings. The number of nitrogens with zero attached hydrogens (tertiary/aromatic N) is 3. The van der Waals surface area contributed by atoms with Gasteiger partial charge in [-0.3, -0.25) is 4.79 Å². The van der Waals surface area contributed by atoms with Crippen molar-refractivity contribution < 1.29 is 4.79 Å². The highest BCUT2D eigenvalue weighted by molar-refractivity contribution is 5.94. The zero-order valence-electron chi connectivity index (χ0n) is 6.53. The molecule has 0 bridgehead atoms. The third kappa shape index (κ3) is 1.58. The molecular weight excluding hydrogens is 142 g/mol. The minimum Gasteiger partial charge on any atom is -0.294 e. The third-order valence-electron chi connectivity index (χ3n) is 1.43. The van der Waals surface area contributed by atoms with E-state index in [1.807, 2.05) is 6.92 Å². The predicted octanol–water partition coefficient (Wildman–Crippen LogP) is 0.637. The summed E-state index contributed by atoms with van der Waals surface area (Å²) >= 11 is 0. The van der Waals surface area contributed by atoms with Gasteiger partial charge >= 0.3 is 0 Å². The second-order valence-electron chi connectivity index (χ2n) is 2.20. The Morgan fingerprint density at radius 1 is 1.64 bits per heavy atom. The van der Waals surface area contributed by atoms with Crippen molar-refractivity contribution in [1.82, 2.24) is 15.4 Å². The third-order valence-corrected chi connectivity index (χ3v) is 1.43. The number of Topliss-reactive ketones (excluding diaryl/α,β-unsaturated/α-hetero) is 1. The Morgan fingerprint density at radius 2 is 2.36 bits per heavy atom. The lowest BCUT2D eigenvalue weighted by Crippen LogP contribution is -2.04. The molecule has 0 saturated heterocycles. The van der Waals surface area contributed by atoms with Crippen LogP contribution in [0.1, 0.15) is 29.9 Å². The summed E-state index contributed by atoms with van der Waals surface area (Å²) in [4.78, 5) is 10.9. The summed E-state index contributed by atoms with van der Waals surface area (Å²) in [5, 5.41) is 10.7. The van der Waals surface area contributed by atoms with Crippen molar-refractivity contribution in [3.63, 3.8) is 0 Å². The van der Waals surface area contributed by atoms with Gasteiger partial charge in [-0.2, -0.15) is 0 Å². The highest BCUT2D eigenvalue weighted by Gasteiger charge is 2.06. The Hall–Kier alpha value is -1.32. The molecule has 1 aromatic heterocycles. The maximum absolute atomic E-state index is 10.9. The number of aryl methyl sites for hydroxylation is 1. The van der Waals surface area contributed by atoms with Crippen LogP contribution in [-0.2, 0) is 6.42 Å². The second-order valence-corrected chi connectivity index (χ2v) is 2.20. The van der Waals surface area contributed by atoms with E-state index in [-0.39, 0.29) is 5.78 Å². The van der Waals surface area contributed by atoms with Crippen molar-refractivity contribution in [2.75, 3.05) is 0 Å². The van der Waals surface area contributed by atoms with Crippen LogP contribution in [0.2, 0.25) is 0 Å². The van der Waals surface area contributed by atoms with Gasteiger partial charge in [-0.15, -0.1) is 10.2 Å². The molecule has 0 saturated carbocycles. The fourth-order valence-electron chi connectivity index (χ4n) is 0.847. The van der Waals surface area contributed by atoms with Crippen LogP contribution in [0, 0.1) is 0 Å². The van der Waals surface area contributed by atoms with E-state index in [9.17, 15) is 4.79 Å². The molecule has 0 N–H and O–H groups in total. The van der Waals surface area contributed by atoms with Crippen LogP contribution in [-0.4, -0.2) is 21.2 Å². The number of ketones is 1. The number of carbonyl (C=O) groups is 1. The lowest BCUT2D eigenvalue weighted by Gasteiger charge is -1.98. The van der Waals surface area contributed by atoms with Crippen molar-refractivity contribution >= 4 is 5.78 Å². The van der Waals surface area contributed by atoms with Crippen molar-refractivity contribution in [2.24, 2.45) is 0 Å². The van der Waals surface area contributed by atoms with Crippen molar-refractivity contribution in [2.45, 2.75) is 20.3 Å². The first-order valence-electron chi connectivity index (χ1n) is 3.44. The summed E-state index contributed by atoms with van der Waals surface area (Å²) in [5.74, 6) is -0.00995. The topological polar surface area (TPSA) is 55.7 Å². The average Bonchev–Trinajstić information content (AvgIpc) is 2.04. The molecule has 11 heavy (non-hydrogen) atoms. The SMILES string of the molecule is CCc1nnncc1C(C)=O. The highest BCUT2D eigenvalue weighted by Crippen LogP contribution is 2.03. The summed E-state index contributed by atoms with van der Waals surface area (Å²) < 4.78 is 0. The molecule has 0 unspecified atom stereocenters. The number of hydrogen-bond donors (Lipinski definition) is 0. The lowest BCUT2D eigenvalue weighted by molar-refractivity contribution is 0.101. The van der Waals surface area contributed by atoms with Crippen LogP contribution in [0.25, 0.3) is 0 Å². The average molecular weight is 151 g/mol. The van der Waals surface area contributed by atoms with E-state index in [1.165, 1.54) is 13.1 Å². The predicted molar refractivity (Wildman–Crippen MR) is 39.2 cm³/mol. The zero-order chi connectivity index (χ0) is 8.27. The summed E-state index contributed by atoms with van der Waals surface area (Å²) in [7, 11) is 0. The summed E-state index contributed by atoms with van der Waals surface area (Å²) in [6.45, 7) is 3.42. The Labute approximate surface area is 64.6 Å². The van der Waals surface area contributed by atoms with Crippen LogP contribution in [0.3, 0.4) is 0 Å². The number of hydrogen-bond acceptors (Lipinski definition) is 4. The van der Waals surface area contributed by atoms with Crippen LogP contribution in [0.4, 0.5) is 0 Å². The smallest absolute Gasteiger partial charge is 0.163 e. The van der Waals surface area contributed by atoms with Gasteiger partial charge < -0.3 is 0 Å². The van der Waals surface area contributed by atoms with Crippen LogP contribution < -0.4 is 0 Å². The zero-order valence-corrected chi connectivity index (χ0v) is 6.53. The van der Waals surface area contributed by atoms with Gasteiger partial charge in [0, 0.05) is 0 Å². The molecule has 0 spiro atoms. The van der Waals surface area contributed by atoms with Crippen molar-refractivity contribution in [3.8, 4) is 0 Å². The standard InChI is InChI=1S/C7H9N3O/c1-3-7-6(5(2)11)4-8-10-9-7/h4H,3H2,1-2H3. The number of carbonyl (C=O) groups excluding carboxylic acids is 1. The Kier molecular flexibility index (Phi) is 2.25. The van der Waals surface area contributed by atoms with Gasteiger partial charge in [-0.25, -0.2) is 0 Å². The minimum absolute atomic E-state index is 0.00995. The molecule has 4 heteroatoms. The summed E-state index contributed by atoms with van der Waals surface area (Å²) in [6, 6.07) is 0. The van der Waals surface area contributed by atoms with Gasteiger partial charge in [0.05, 0.1) is 17.5 Å². The molecule has 0 aliphatic heterocycles. The van der Waals surface area contributed by atoms with Crippen molar-refractivity contribution in [3.05, 3.63) is 17.5 Å². The Bertz CT molecular complexity index is 272. The first-order chi connectivity index (χ1) is 5.25. The fraction of sp³-hybridized carbons (Fsp3) is 0.429. The van der Waals surface area contributed by atoms with E-state index in [0.717, 1.165) is 0 Å². The van der Waals surface area contributed by atoms with E-state index in [4.69, 9.17) is 0 Å². The first kappa shape index (κ1) is 7.78. The Balaban J connectivity index is 3.12. The maximum Gasteiger partial charge on any atom is 0.163 e. The van der Waals surface area contributed by atoms with Gasteiger partial charge in [0.25, 0.3) is 0 Å². The van der Waals surface area contributed by atoms with Gasteiger partial charge in [0.2, 0.25) is 0 Å². The summed E-state index contributed by atoms with van der Waals surface area (Å²) in [5.41, 5.74) is 1.29. The monoisotopic (exact) mass is 151 g/mol. The molecule has 58 valence electrons. The largest absolute Gasteiger partial charge is 0.294 e. The van der Waals surface area contributed by atoms with E-state index in [2.05, 4.69) is 15.4 Å². The lowest BCUT2D eigenvalue weighted by atomic mass is 10.1. The van der Waals surface area contributed by atoms with Gasteiger partial charge in [0.15, 0.2) is 5.78 Å². The molecule has 0 fully saturated rings. The van der Waals surface area contributed by atoms with E-state index < -0.39 is 0 Å². The van der Waals surface area contributed by atoms with Gasteiger partial charge in [0.1, 0.15) is 0 Å². The van der Waals surface area contributed by atoms with Crippen LogP contribution >= 0.6 is 0 Å². The van der Waals surface area contributed by atoms with Gasteiger partial charge in [-0.05, 0) is 18.6 Å². The number of aromatic nitrogens is 3. The molecule has 0 amide bonds. The summed E-state index contributed by atoms with van der Waals surface area (Å²) in [6.07, 6.45) is 2.17. The molecule has 0 atom stereocenters. The van der Waals surface area contributed by atoms with Crippen molar-refractivity contribution in [1.29, 1.82) is 0 Å². The minimum atomic E-state index is -0.00995. The molecule has 0 radical (unpaired) electrons. The first-order valence-corrected chi connectivity index (χ1v) is 3.44. The molecule has 1 rings (SSSR count). The van der Waals surface area contributed by atoms with Crippen LogP contribution in [0.5, 0.6) is 0 Å². The van der Waals surface area contributed by atoms with E-state index in [0.29, 0.717) is 17.7 Å². The quantitative estimate of drug-likeness (QED) is 0.582. The molecular formula is C7H9N3O. The maximum atomic E-state index is 10.9. The normalized spacial score (nSPS) is 9.64. The molecule has 4 nitrogen and oxygen atoms in total. The Morgan fingerprint density at radius 3 is 2.82 bits per heavy atom. The van der Waals surface area contributed by atoms with Crippen LogP contribution in [0.15, 0.2) is 6.20 Å². The van der Waals surface area contributed by atoms with E-state index in [1.54, 1.807) is 0 Å². The fourth-order valence-corrected chi connectivity index (χ4v) is 0.847. The molecule has 0 aliphatic carbocycles. The van der Waals surface area contributed by atoms with Gasteiger partial charge in [-0.1, -0.05) is 6.92 Å². The van der Waals surface area contributed by atoms with E-state index >= 15 is 0 Å². The molecule has 0 aromatic carbocycles. The number of rotatable bonds is 2. The molecule has 0 aliphatic rings. The second kappa shape index (κ2) is 3.18. The highest BCUT2D eigenvalue weighted by atomic mass is 16.1.